The van der Waals surface area contributed by atoms with Crippen molar-refractivity contribution in [1.29, 1.82) is 0 Å². The molecule has 0 spiro atoms. The van der Waals surface area contributed by atoms with Crippen LogP contribution in [0.2, 0.25) is 0 Å². The molecule has 0 aliphatic heterocycles. The molecule has 2 rings (SSSR count). The molecule has 2 aromatic rings. The molecule has 110 valence electrons. The summed E-state index contributed by atoms with van der Waals surface area (Å²) in [4.78, 5) is 1.25. The maximum absolute atomic E-state index is 12.8. The normalized spacial score (nSPS) is 10.1. The molecule has 0 amide bonds. The minimum absolute atomic E-state index is 0.225. The standard InChI is InChI=1S/C16H17FN2S2/c17-14-8-6-13(7-9-14)12-19-16(20)18-10-11-21-15-4-2-1-3-5-15/h1-9H,10-12H2,(H2,18,19,20). The first-order valence-corrected chi connectivity index (χ1v) is 8.07. The highest BCUT2D eigenvalue weighted by atomic mass is 32.2. The molecule has 0 bridgehead atoms. The van der Waals surface area contributed by atoms with E-state index in [1.165, 1.54) is 17.0 Å². The van der Waals surface area contributed by atoms with Crippen LogP contribution in [-0.2, 0) is 6.54 Å². The van der Waals surface area contributed by atoms with Crippen LogP contribution in [0.3, 0.4) is 0 Å². The van der Waals surface area contributed by atoms with E-state index in [1.54, 1.807) is 23.9 Å². The number of hydrogen-bond acceptors (Lipinski definition) is 2. The second-order valence-corrected chi connectivity index (χ2v) is 5.97. The Hall–Kier alpha value is -1.59. The van der Waals surface area contributed by atoms with Crippen LogP contribution in [0.25, 0.3) is 0 Å². The minimum atomic E-state index is -0.225. The topological polar surface area (TPSA) is 24.1 Å². The Bertz CT molecular complexity index is 558. The lowest BCUT2D eigenvalue weighted by atomic mass is 10.2. The Balaban J connectivity index is 1.60. The summed E-state index contributed by atoms with van der Waals surface area (Å²) in [6, 6.07) is 16.7. The number of nitrogens with one attached hydrogen (secondary N) is 2. The monoisotopic (exact) mass is 320 g/mol. The quantitative estimate of drug-likeness (QED) is 0.483. The summed E-state index contributed by atoms with van der Waals surface area (Å²) < 4.78 is 12.8. The SMILES string of the molecule is Fc1ccc(CNC(=S)NCCSc2ccccc2)cc1. The van der Waals surface area contributed by atoms with Gasteiger partial charge in [-0.25, -0.2) is 4.39 Å². The fourth-order valence-corrected chi connectivity index (χ4v) is 2.66. The first-order chi connectivity index (χ1) is 10.2. The predicted octanol–water partition coefficient (Wildman–Crippen LogP) is 3.58. The molecule has 0 radical (unpaired) electrons. The van der Waals surface area contributed by atoms with Crippen molar-refractivity contribution >= 4 is 29.1 Å². The van der Waals surface area contributed by atoms with Gasteiger partial charge >= 0.3 is 0 Å². The average molecular weight is 320 g/mol. The molecule has 5 heteroatoms. The molecule has 0 atom stereocenters. The lowest BCUT2D eigenvalue weighted by Crippen LogP contribution is -2.35. The van der Waals surface area contributed by atoms with E-state index in [0.717, 1.165) is 17.9 Å². The van der Waals surface area contributed by atoms with E-state index in [4.69, 9.17) is 12.2 Å². The van der Waals surface area contributed by atoms with Crippen molar-refractivity contribution < 1.29 is 4.39 Å². The van der Waals surface area contributed by atoms with E-state index in [2.05, 4.69) is 22.8 Å². The van der Waals surface area contributed by atoms with Gasteiger partial charge in [0.2, 0.25) is 0 Å². The Kier molecular flexibility index (Phi) is 6.50. The molecule has 0 aliphatic rings. The van der Waals surface area contributed by atoms with Gasteiger partial charge in [-0.2, -0.15) is 0 Å². The first kappa shape index (κ1) is 15.8. The fraction of sp³-hybridized carbons (Fsp3) is 0.188. The van der Waals surface area contributed by atoms with Crippen molar-refractivity contribution in [2.24, 2.45) is 0 Å². The molecule has 2 aromatic carbocycles. The summed E-state index contributed by atoms with van der Waals surface area (Å²) in [7, 11) is 0. The maximum atomic E-state index is 12.8. The largest absolute Gasteiger partial charge is 0.362 e. The fourth-order valence-electron chi connectivity index (χ4n) is 1.70. The third kappa shape index (κ3) is 6.14. The molecule has 0 aliphatic carbocycles. The lowest BCUT2D eigenvalue weighted by molar-refractivity contribution is 0.626. The van der Waals surface area contributed by atoms with Gasteiger partial charge in [0.15, 0.2) is 5.11 Å². The third-order valence-corrected chi connectivity index (χ3v) is 4.07. The molecule has 0 unspecified atom stereocenters. The second-order valence-electron chi connectivity index (χ2n) is 4.40. The highest BCUT2D eigenvalue weighted by Crippen LogP contribution is 2.15. The van der Waals surface area contributed by atoms with E-state index in [0.29, 0.717) is 11.7 Å². The molecule has 2 N–H and O–H groups in total. The van der Waals surface area contributed by atoms with Crippen molar-refractivity contribution in [3.8, 4) is 0 Å². The summed E-state index contributed by atoms with van der Waals surface area (Å²) in [5, 5.41) is 6.88. The van der Waals surface area contributed by atoms with Gasteiger partial charge in [-0.15, -0.1) is 11.8 Å². The van der Waals surface area contributed by atoms with Crippen LogP contribution < -0.4 is 10.6 Å². The van der Waals surface area contributed by atoms with E-state index in [9.17, 15) is 4.39 Å². The van der Waals surface area contributed by atoms with Crippen molar-refractivity contribution in [3.63, 3.8) is 0 Å². The minimum Gasteiger partial charge on any atom is -0.362 e. The van der Waals surface area contributed by atoms with Crippen LogP contribution >= 0.6 is 24.0 Å². The Morgan fingerprint density at radius 1 is 1.00 bits per heavy atom. The summed E-state index contributed by atoms with van der Waals surface area (Å²) in [5.74, 6) is 0.722. The van der Waals surface area contributed by atoms with Gasteiger partial charge in [0, 0.05) is 23.7 Å². The van der Waals surface area contributed by atoms with Gasteiger partial charge in [0.25, 0.3) is 0 Å². The van der Waals surface area contributed by atoms with Gasteiger partial charge in [0.05, 0.1) is 0 Å². The molecule has 0 saturated carbocycles. The van der Waals surface area contributed by atoms with Crippen LogP contribution in [-0.4, -0.2) is 17.4 Å². The van der Waals surface area contributed by atoms with E-state index in [1.807, 2.05) is 18.2 Å². The van der Waals surface area contributed by atoms with Crippen LogP contribution in [0.5, 0.6) is 0 Å². The van der Waals surface area contributed by atoms with Crippen molar-refractivity contribution in [2.45, 2.75) is 11.4 Å². The predicted molar refractivity (Wildman–Crippen MR) is 91.0 cm³/mol. The van der Waals surface area contributed by atoms with Gasteiger partial charge in [-0.05, 0) is 42.0 Å². The summed E-state index contributed by atoms with van der Waals surface area (Å²) >= 11 is 6.99. The van der Waals surface area contributed by atoms with Crippen LogP contribution in [0.1, 0.15) is 5.56 Å². The lowest BCUT2D eigenvalue weighted by Gasteiger charge is -2.10. The molecular formula is C16H17FN2S2. The third-order valence-electron chi connectivity index (χ3n) is 2.77. The average Bonchev–Trinajstić information content (AvgIpc) is 2.52. The highest BCUT2D eigenvalue weighted by Gasteiger charge is 1.98. The Labute approximate surface area is 134 Å². The van der Waals surface area contributed by atoms with Crippen LogP contribution in [0.15, 0.2) is 59.5 Å². The zero-order valence-electron chi connectivity index (χ0n) is 11.5. The zero-order valence-corrected chi connectivity index (χ0v) is 13.1. The number of benzene rings is 2. The molecule has 21 heavy (non-hydrogen) atoms. The maximum Gasteiger partial charge on any atom is 0.166 e. The number of rotatable bonds is 6. The Morgan fingerprint density at radius 3 is 2.43 bits per heavy atom. The highest BCUT2D eigenvalue weighted by molar-refractivity contribution is 7.99. The first-order valence-electron chi connectivity index (χ1n) is 6.68. The summed E-state index contributed by atoms with van der Waals surface area (Å²) in [5.41, 5.74) is 0.999. The summed E-state index contributed by atoms with van der Waals surface area (Å²) in [6.45, 7) is 1.40. The molecule has 2 nitrogen and oxygen atoms in total. The molecule has 0 fully saturated rings. The van der Waals surface area contributed by atoms with Crippen LogP contribution in [0, 0.1) is 5.82 Å². The number of thiocarbonyl (C=S) groups is 1. The smallest absolute Gasteiger partial charge is 0.166 e. The number of thioether (sulfide) groups is 1. The second kappa shape index (κ2) is 8.64. The van der Waals surface area contributed by atoms with Gasteiger partial charge < -0.3 is 10.6 Å². The van der Waals surface area contributed by atoms with Crippen molar-refractivity contribution in [3.05, 3.63) is 66.0 Å². The van der Waals surface area contributed by atoms with E-state index >= 15 is 0 Å². The number of hydrogen-bond donors (Lipinski definition) is 2. The van der Waals surface area contributed by atoms with Gasteiger partial charge in [0.1, 0.15) is 5.82 Å². The van der Waals surface area contributed by atoms with E-state index < -0.39 is 0 Å². The zero-order chi connectivity index (χ0) is 14.9. The summed E-state index contributed by atoms with van der Waals surface area (Å²) in [6.07, 6.45) is 0. The molecule has 0 heterocycles. The van der Waals surface area contributed by atoms with Crippen molar-refractivity contribution in [1.82, 2.24) is 10.6 Å². The van der Waals surface area contributed by atoms with Gasteiger partial charge in [-0.3, -0.25) is 0 Å². The van der Waals surface area contributed by atoms with Crippen LogP contribution in [0.4, 0.5) is 4.39 Å². The van der Waals surface area contributed by atoms with E-state index in [-0.39, 0.29) is 5.82 Å². The molecule has 0 aromatic heterocycles. The number of halogens is 1. The Morgan fingerprint density at radius 2 is 1.71 bits per heavy atom. The van der Waals surface area contributed by atoms with Gasteiger partial charge in [-0.1, -0.05) is 30.3 Å². The van der Waals surface area contributed by atoms with Crippen molar-refractivity contribution in [2.75, 3.05) is 12.3 Å². The molecule has 0 saturated heterocycles. The molecular weight excluding hydrogens is 303 g/mol.